The normalized spacial score (nSPS) is 11.3. The number of hydrogen-bond donors (Lipinski definition) is 1. The molecule has 0 atom stereocenters. The van der Waals surface area contributed by atoms with E-state index < -0.39 is 0 Å². The molecule has 27 heavy (non-hydrogen) atoms. The van der Waals surface area contributed by atoms with Crippen LogP contribution in [0.1, 0.15) is 19.4 Å². The fourth-order valence-corrected chi connectivity index (χ4v) is 2.99. The summed E-state index contributed by atoms with van der Waals surface area (Å²) in [4.78, 5) is 13.5. The molecule has 5 heteroatoms. The Bertz CT molecular complexity index is 1020. The minimum absolute atomic E-state index is 0.265. The number of nitrogens with zero attached hydrogens (tertiary/aromatic N) is 4. The van der Waals surface area contributed by atoms with Crippen LogP contribution >= 0.6 is 0 Å². The van der Waals surface area contributed by atoms with Crippen molar-refractivity contribution in [3.63, 3.8) is 0 Å². The second-order valence-corrected chi connectivity index (χ2v) is 6.91. The van der Waals surface area contributed by atoms with Crippen molar-refractivity contribution in [3.05, 3.63) is 91.1 Å². The lowest BCUT2D eigenvalue weighted by Gasteiger charge is -2.27. The Morgan fingerprint density at radius 2 is 1.59 bits per heavy atom. The van der Waals surface area contributed by atoms with E-state index in [1.54, 1.807) is 18.7 Å². The molecule has 0 aliphatic rings. The largest absolute Gasteiger partial charge is 0.360 e. The molecule has 4 aromatic rings. The highest BCUT2D eigenvalue weighted by Gasteiger charge is 2.20. The van der Waals surface area contributed by atoms with E-state index in [4.69, 9.17) is 4.98 Å². The van der Waals surface area contributed by atoms with E-state index in [1.807, 2.05) is 59.3 Å². The molecular formula is C22H21N5. The van der Waals surface area contributed by atoms with E-state index in [0.29, 0.717) is 0 Å². The second kappa shape index (κ2) is 7.03. The third-order valence-corrected chi connectivity index (χ3v) is 4.47. The van der Waals surface area contributed by atoms with Gasteiger partial charge in [-0.1, -0.05) is 60.7 Å². The average molecular weight is 355 g/mol. The monoisotopic (exact) mass is 355 g/mol. The van der Waals surface area contributed by atoms with Gasteiger partial charge in [0, 0.05) is 11.8 Å². The molecule has 0 bridgehead atoms. The van der Waals surface area contributed by atoms with Crippen molar-refractivity contribution in [1.82, 2.24) is 19.5 Å². The van der Waals surface area contributed by atoms with Crippen LogP contribution in [0.4, 0.5) is 5.82 Å². The number of aromatic nitrogens is 4. The fourth-order valence-electron chi connectivity index (χ4n) is 2.99. The summed E-state index contributed by atoms with van der Waals surface area (Å²) in [5.41, 5.74) is 2.90. The Hall–Kier alpha value is -3.47. The molecule has 2 aromatic carbocycles. The molecule has 0 aliphatic heterocycles. The number of nitrogens with one attached hydrogen (secondary N) is 1. The lowest BCUT2D eigenvalue weighted by molar-refractivity contribution is 0.605. The van der Waals surface area contributed by atoms with Crippen LogP contribution in [0.25, 0.3) is 17.1 Å². The second-order valence-electron chi connectivity index (χ2n) is 6.91. The summed E-state index contributed by atoms with van der Waals surface area (Å²) in [6.07, 6.45) is 7.20. The van der Waals surface area contributed by atoms with Crippen molar-refractivity contribution in [3.8, 4) is 17.1 Å². The van der Waals surface area contributed by atoms with Crippen molar-refractivity contribution in [2.24, 2.45) is 0 Å². The third-order valence-electron chi connectivity index (χ3n) is 4.47. The quantitative estimate of drug-likeness (QED) is 0.565. The van der Waals surface area contributed by atoms with Crippen LogP contribution in [0.2, 0.25) is 0 Å². The van der Waals surface area contributed by atoms with Crippen LogP contribution in [-0.2, 0) is 5.54 Å². The standard InChI is InChI=1S/C22H21N5/c1-22(2,18-11-7-4-8-12-18)26-20-13-23-14-21(25-20)27-15-19(24-16-27)17-9-5-3-6-10-17/h3-16H,1-2H3,(H,25,26). The Morgan fingerprint density at radius 1 is 0.889 bits per heavy atom. The average Bonchev–Trinajstić information content (AvgIpc) is 3.20. The minimum Gasteiger partial charge on any atom is -0.360 e. The number of benzene rings is 2. The maximum atomic E-state index is 4.71. The molecule has 2 heterocycles. The predicted octanol–water partition coefficient (Wildman–Crippen LogP) is 4.68. The van der Waals surface area contributed by atoms with Crippen molar-refractivity contribution in [2.75, 3.05) is 5.32 Å². The van der Waals surface area contributed by atoms with E-state index in [9.17, 15) is 0 Å². The van der Waals surface area contributed by atoms with Crippen LogP contribution in [0.3, 0.4) is 0 Å². The van der Waals surface area contributed by atoms with Crippen molar-refractivity contribution < 1.29 is 0 Å². The molecule has 2 aromatic heterocycles. The molecule has 1 N–H and O–H groups in total. The van der Waals surface area contributed by atoms with Gasteiger partial charge in [0.25, 0.3) is 0 Å². The van der Waals surface area contributed by atoms with Gasteiger partial charge in [-0.2, -0.15) is 0 Å². The summed E-state index contributed by atoms with van der Waals surface area (Å²) in [7, 11) is 0. The molecule has 0 radical (unpaired) electrons. The smallest absolute Gasteiger partial charge is 0.158 e. The van der Waals surface area contributed by atoms with E-state index in [1.165, 1.54) is 5.56 Å². The van der Waals surface area contributed by atoms with Gasteiger partial charge in [0.1, 0.15) is 12.1 Å². The zero-order valence-corrected chi connectivity index (χ0v) is 15.4. The lowest BCUT2D eigenvalue weighted by Crippen LogP contribution is -2.28. The molecule has 0 spiro atoms. The summed E-state index contributed by atoms with van der Waals surface area (Å²) in [5, 5.41) is 3.48. The molecule has 0 unspecified atom stereocenters. The SMILES string of the molecule is CC(C)(Nc1cncc(-n2cnc(-c3ccccc3)c2)n1)c1ccccc1. The summed E-state index contributed by atoms with van der Waals surface area (Å²) in [5.74, 6) is 1.44. The Balaban J connectivity index is 1.59. The van der Waals surface area contributed by atoms with Crippen LogP contribution < -0.4 is 5.32 Å². The zero-order valence-electron chi connectivity index (χ0n) is 15.4. The predicted molar refractivity (Wildman–Crippen MR) is 108 cm³/mol. The lowest BCUT2D eigenvalue weighted by atomic mass is 9.94. The van der Waals surface area contributed by atoms with E-state index in [-0.39, 0.29) is 5.54 Å². The number of hydrogen-bond acceptors (Lipinski definition) is 4. The molecule has 0 saturated carbocycles. The first-order valence-corrected chi connectivity index (χ1v) is 8.87. The van der Waals surface area contributed by atoms with Crippen LogP contribution in [0, 0.1) is 0 Å². The van der Waals surface area contributed by atoms with Gasteiger partial charge in [-0.05, 0) is 19.4 Å². The molecule has 0 aliphatic carbocycles. The Morgan fingerprint density at radius 3 is 2.33 bits per heavy atom. The van der Waals surface area contributed by atoms with Crippen molar-refractivity contribution in [1.29, 1.82) is 0 Å². The maximum Gasteiger partial charge on any atom is 0.158 e. The summed E-state index contributed by atoms with van der Waals surface area (Å²) >= 11 is 0. The van der Waals surface area contributed by atoms with E-state index in [2.05, 4.69) is 41.3 Å². The molecule has 0 fully saturated rings. The molecule has 134 valence electrons. The van der Waals surface area contributed by atoms with Gasteiger partial charge in [0.15, 0.2) is 5.82 Å². The first-order valence-electron chi connectivity index (χ1n) is 8.87. The van der Waals surface area contributed by atoms with Crippen LogP contribution in [-0.4, -0.2) is 19.5 Å². The zero-order chi connectivity index (χ0) is 18.7. The van der Waals surface area contributed by atoms with Crippen LogP contribution in [0.5, 0.6) is 0 Å². The molecule has 0 saturated heterocycles. The highest BCUT2D eigenvalue weighted by molar-refractivity contribution is 5.58. The minimum atomic E-state index is -0.265. The number of imidazole rings is 1. The van der Waals surface area contributed by atoms with Gasteiger partial charge in [-0.3, -0.25) is 9.55 Å². The van der Waals surface area contributed by atoms with Gasteiger partial charge < -0.3 is 5.32 Å². The van der Waals surface area contributed by atoms with Crippen molar-refractivity contribution >= 4 is 5.82 Å². The maximum absolute atomic E-state index is 4.71. The van der Waals surface area contributed by atoms with E-state index in [0.717, 1.165) is 22.9 Å². The van der Waals surface area contributed by atoms with Crippen LogP contribution in [0.15, 0.2) is 85.6 Å². The molecule has 0 amide bonds. The number of anilines is 1. The summed E-state index contributed by atoms with van der Waals surface area (Å²) in [6, 6.07) is 20.4. The first-order chi connectivity index (χ1) is 13.1. The summed E-state index contributed by atoms with van der Waals surface area (Å²) < 4.78 is 1.88. The van der Waals surface area contributed by atoms with Gasteiger partial charge >= 0.3 is 0 Å². The Kier molecular flexibility index (Phi) is 4.42. The van der Waals surface area contributed by atoms with Gasteiger partial charge in [0.2, 0.25) is 0 Å². The van der Waals surface area contributed by atoms with Crippen molar-refractivity contribution in [2.45, 2.75) is 19.4 Å². The molecule has 4 rings (SSSR count). The Labute approximate surface area is 158 Å². The third kappa shape index (κ3) is 3.72. The highest BCUT2D eigenvalue weighted by atomic mass is 15.2. The van der Waals surface area contributed by atoms with E-state index >= 15 is 0 Å². The number of rotatable bonds is 5. The first kappa shape index (κ1) is 17.0. The van der Waals surface area contributed by atoms with Gasteiger partial charge in [-0.25, -0.2) is 9.97 Å². The highest BCUT2D eigenvalue weighted by Crippen LogP contribution is 2.25. The fraction of sp³-hybridized carbons (Fsp3) is 0.136. The molecule has 5 nitrogen and oxygen atoms in total. The van der Waals surface area contributed by atoms with Gasteiger partial charge in [-0.15, -0.1) is 0 Å². The van der Waals surface area contributed by atoms with Gasteiger partial charge in [0.05, 0.1) is 23.6 Å². The molecular weight excluding hydrogens is 334 g/mol. The summed E-state index contributed by atoms with van der Waals surface area (Å²) in [6.45, 7) is 4.25. The topological polar surface area (TPSA) is 55.6 Å².